The molecule has 0 aromatic heterocycles. The van der Waals surface area contributed by atoms with Crippen LogP contribution in [-0.2, 0) is 13.2 Å². The van der Waals surface area contributed by atoms with Crippen LogP contribution in [0, 0.1) is 0 Å². The van der Waals surface area contributed by atoms with Crippen molar-refractivity contribution in [3.63, 3.8) is 0 Å². The Kier molecular flexibility index (Phi) is 10.1. The molecule has 2 N–H and O–H groups in total. The SMILES string of the molecule is COc1ccc(COc2cc(N)c(C(=O)[O-])c(Cl)c2OCc2ccc(OC)cc2)cc1.[K+]. The number of hydrogen-bond acceptors (Lipinski definition) is 7. The van der Waals surface area contributed by atoms with E-state index in [2.05, 4.69) is 0 Å². The number of nitrogen functional groups attached to an aromatic ring is 1. The van der Waals surface area contributed by atoms with E-state index in [-0.39, 0.29) is 92.4 Å². The summed E-state index contributed by atoms with van der Waals surface area (Å²) in [5, 5.41) is 11.3. The van der Waals surface area contributed by atoms with Gasteiger partial charge < -0.3 is 34.6 Å². The van der Waals surface area contributed by atoms with Gasteiger partial charge in [0.1, 0.15) is 24.7 Å². The van der Waals surface area contributed by atoms with Gasteiger partial charge in [0.2, 0.25) is 0 Å². The van der Waals surface area contributed by atoms with Gasteiger partial charge in [0, 0.05) is 17.3 Å². The van der Waals surface area contributed by atoms with Gasteiger partial charge in [0.25, 0.3) is 0 Å². The summed E-state index contributed by atoms with van der Waals surface area (Å²) in [5.41, 5.74) is 7.13. The molecule has 0 fully saturated rings. The molecule has 0 aliphatic heterocycles. The number of carboxylic acids is 1. The van der Waals surface area contributed by atoms with Crippen LogP contribution in [0.2, 0.25) is 5.02 Å². The maximum absolute atomic E-state index is 11.5. The Morgan fingerprint density at radius 3 is 1.81 bits per heavy atom. The summed E-state index contributed by atoms with van der Waals surface area (Å²) < 4.78 is 22.0. The van der Waals surface area contributed by atoms with Crippen LogP contribution in [0.3, 0.4) is 0 Å². The van der Waals surface area contributed by atoms with Crippen LogP contribution in [0.4, 0.5) is 5.69 Å². The number of benzene rings is 3. The van der Waals surface area contributed by atoms with Crippen molar-refractivity contribution in [3.05, 3.63) is 76.3 Å². The van der Waals surface area contributed by atoms with Gasteiger partial charge in [-0.25, -0.2) is 0 Å². The molecule has 0 aliphatic rings. The predicted molar refractivity (Wildman–Crippen MR) is 115 cm³/mol. The van der Waals surface area contributed by atoms with Crippen LogP contribution in [0.1, 0.15) is 21.5 Å². The maximum Gasteiger partial charge on any atom is 1.00 e. The van der Waals surface area contributed by atoms with Crippen molar-refractivity contribution < 1.29 is 80.2 Å². The number of anilines is 1. The largest absolute Gasteiger partial charge is 1.00 e. The Morgan fingerprint density at radius 2 is 1.38 bits per heavy atom. The minimum absolute atomic E-state index is 0. The molecule has 3 aromatic carbocycles. The van der Waals surface area contributed by atoms with Gasteiger partial charge in [-0.3, -0.25) is 0 Å². The van der Waals surface area contributed by atoms with Crippen LogP contribution >= 0.6 is 11.6 Å². The van der Waals surface area contributed by atoms with Crippen LogP contribution < -0.4 is 81.2 Å². The second kappa shape index (κ2) is 12.3. The maximum atomic E-state index is 11.5. The zero-order valence-corrected chi connectivity index (χ0v) is 21.9. The van der Waals surface area contributed by atoms with Gasteiger partial charge >= 0.3 is 51.4 Å². The third-order valence-corrected chi connectivity index (χ3v) is 4.88. The summed E-state index contributed by atoms with van der Waals surface area (Å²) in [4.78, 5) is 11.5. The summed E-state index contributed by atoms with van der Waals surface area (Å²) in [6.45, 7) is 0.308. The van der Waals surface area contributed by atoms with Crippen molar-refractivity contribution in [1.29, 1.82) is 0 Å². The molecule has 9 heteroatoms. The monoisotopic (exact) mass is 481 g/mol. The quantitative estimate of drug-likeness (QED) is 0.350. The summed E-state index contributed by atoms with van der Waals surface area (Å²) in [5.74, 6) is 0.213. The first-order chi connectivity index (χ1) is 14.9. The number of carbonyl (C=O) groups is 1. The number of methoxy groups -OCH3 is 2. The molecule has 0 heterocycles. The van der Waals surface area contributed by atoms with Gasteiger partial charge in [-0.2, -0.15) is 0 Å². The number of halogens is 1. The fourth-order valence-corrected chi connectivity index (χ4v) is 3.17. The van der Waals surface area contributed by atoms with E-state index in [0.717, 1.165) is 16.9 Å². The molecule has 0 amide bonds. The first-order valence-corrected chi connectivity index (χ1v) is 9.65. The zero-order chi connectivity index (χ0) is 22.4. The number of aromatic carboxylic acids is 1. The summed E-state index contributed by atoms with van der Waals surface area (Å²) in [6, 6.07) is 15.9. The molecule has 162 valence electrons. The standard InChI is InChI=1S/C23H22ClNO6.K/c1-28-16-7-3-14(4-8-16)12-30-19-11-18(25)20(23(26)27)21(24)22(19)31-13-15-5-9-17(29-2)10-6-15;/h3-11H,12-13,25H2,1-2H3,(H,26,27);/q;+1/p-1. The molecular formula is C23H21ClKNO6. The molecule has 0 saturated carbocycles. The molecule has 0 saturated heterocycles. The molecule has 32 heavy (non-hydrogen) atoms. The molecular weight excluding hydrogens is 461 g/mol. The number of carbonyl (C=O) groups excluding carboxylic acids is 1. The number of hydrogen-bond donors (Lipinski definition) is 1. The van der Waals surface area contributed by atoms with Crippen LogP contribution in [0.5, 0.6) is 23.0 Å². The van der Waals surface area contributed by atoms with E-state index in [1.807, 2.05) is 24.3 Å². The molecule has 3 rings (SSSR count). The Bertz CT molecular complexity index is 1060. The summed E-state index contributed by atoms with van der Waals surface area (Å²) in [6.07, 6.45) is 0. The average Bonchev–Trinajstić information content (AvgIpc) is 2.77. The number of ether oxygens (including phenoxy) is 4. The molecule has 0 radical (unpaired) electrons. The Balaban J connectivity index is 0.00000363. The first kappa shape index (κ1) is 26.3. The molecule has 0 spiro atoms. The van der Waals surface area contributed by atoms with E-state index < -0.39 is 5.97 Å². The van der Waals surface area contributed by atoms with Gasteiger partial charge in [0.05, 0.1) is 25.2 Å². The first-order valence-electron chi connectivity index (χ1n) is 9.27. The minimum Gasteiger partial charge on any atom is -0.545 e. The average molecular weight is 482 g/mol. The van der Waals surface area contributed by atoms with Crippen molar-refractivity contribution in [2.45, 2.75) is 13.2 Å². The second-order valence-corrected chi connectivity index (χ2v) is 6.92. The minimum atomic E-state index is -1.50. The third-order valence-electron chi connectivity index (χ3n) is 4.52. The van der Waals surface area contributed by atoms with Crippen molar-refractivity contribution >= 4 is 23.3 Å². The Hall–Kier alpha value is -1.94. The predicted octanol–water partition coefficient (Wildman–Crippen LogP) is 0.465. The fourth-order valence-electron chi connectivity index (χ4n) is 2.84. The van der Waals surface area contributed by atoms with Crippen LogP contribution in [0.15, 0.2) is 54.6 Å². The van der Waals surface area contributed by atoms with E-state index in [0.29, 0.717) is 5.75 Å². The normalized spacial score (nSPS) is 10.1. The molecule has 0 bridgehead atoms. The number of nitrogens with two attached hydrogens (primary N) is 1. The van der Waals surface area contributed by atoms with Crippen molar-refractivity contribution in [3.8, 4) is 23.0 Å². The molecule has 0 unspecified atom stereocenters. The second-order valence-electron chi connectivity index (χ2n) is 6.54. The molecule has 0 atom stereocenters. The van der Waals surface area contributed by atoms with Crippen molar-refractivity contribution in [1.82, 2.24) is 0 Å². The molecule has 7 nitrogen and oxygen atoms in total. The number of carboxylic acid groups (broad SMARTS) is 1. The Morgan fingerprint density at radius 1 is 0.906 bits per heavy atom. The smallest absolute Gasteiger partial charge is 0.545 e. The molecule has 3 aromatic rings. The molecule has 0 aliphatic carbocycles. The van der Waals surface area contributed by atoms with Gasteiger partial charge in [0.15, 0.2) is 11.5 Å². The van der Waals surface area contributed by atoms with E-state index in [9.17, 15) is 9.90 Å². The van der Waals surface area contributed by atoms with Gasteiger partial charge in [-0.1, -0.05) is 35.9 Å². The summed E-state index contributed by atoms with van der Waals surface area (Å²) >= 11 is 6.31. The van der Waals surface area contributed by atoms with Gasteiger partial charge in [-0.05, 0) is 35.4 Å². The van der Waals surface area contributed by atoms with Crippen molar-refractivity contribution in [2.24, 2.45) is 0 Å². The summed E-state index contributed by atoms with van der Waals surface area (Å²) in [7, 11) is 3.16. The van der Waals surface area contributed by atoms with Crippen LogP contribution in [-0.4, -0.2) is 20.2 Å². The fraction of sp³-hybridized carbons (Fsp3) is 0.174. The van der Waals surface area contributed by atoms with Crippen molar-refractivity contribution in [2.75, 3.05) is 20.0 Å². The third kappa shape index (κ3) is 6.54. The topological polar surface area (TPSA) is 103 Å². The van der Waals surface area contributed by atoms with E-state index in [4.69, 9.17) is 36.3 Å². The van der Waals surface area contributed by atoms with E-state index in [1.165, 1.54) is 6.07 Å². The Labute approximate surface area is 233 Å². The van der Waals surface area contributed by atoms with Gasteiger partial charge in [-0.15, -0.1) is 0 Å². The van der Waals surface area contributed by atoms with E-state index in [1.54, 1.807) is 38.5 Å². The van der Waals surface area contributed by atoms with Crippen LogP contribution in [0.25, 0.3) is 0 Å². The zero-order valence-electron chi connectivity index (χ0n) is 18.0. The number of rotatable bonds is 9. The van der Waals surface area contributed by atoms with E-state index >= 15 is 0 Å².